The van der Waals surface area contributed by atoms with Crippen molar-refractivity contribution >= 4 is 23.6 Å². The largest absolute Gasteiger partial charge is 0.352 e. The molecular formula is C37H55N7O4. The molecular weight excluding hydrogens is 606 g/mol. The van der Waals surface area contributed by atoms with Gasteiger partial charge in [-0.1, -0.05) is 30.3 Å². The van der Waals surface area contributed by atoms with Gasteiger partial charge in [-0.3, -0.25) is 24.1 Å². The minimum atomic E-state index is -0.507. The number of hydrogen-bond donors (Lipinski definition) is 2. The van der Waals surface area contributed by atoms with Crippen LogP contribution in [0.15, 0.2) is 30.3 Å². The van der Waals surface area contributed by atoms with Gasteiger partial charge in [-0.15, -0.1) is 0 Å². The molecule has 262 valence electrons. The molecule has 0 aromatic heterocycles. The van der Waals surface area contributed by atoms with Crippen LogP contribution in [0.4, 0.5) is 0 Å². The third kappa shape index (κ3) is 7.28. The monoisotopic (exact) mass is 661 g/mol. The molecule has 0 spiro atoms. The lowest BCUT2D eigenvalue weighted by atomic mass is 9.80. The van der Waals surface area contributed by atoms with Crippen LogP contribution in [0.2, 0.25) is 0 Å². The van der Waals surface area contributed by atoms with Crippen molar-refractivity contribution in [1.29, 1.82) is 0 Å². The predicted octanol–water partition coefficient (Wildman–Crippen LogP) is 1.67. The fraction of sp³-hybridized carbons (Fsp3) is 0.730. The number of nitrogens with one attached hydrogen (secondary N) is 2. The molecule has 5 atom stereocenters. The van der Waals surface area contributed by atoms with Crippen molar-refractivity contribution in [1.82, 2.24) is 35.1 Å². The van der Waals surface area contributed by atoms with Crippen molar-refractivity contribution in [3.63, 3.8) is 0 Å². The zero-order chi connectivity index (χ0) is 33.2. The maximum Gasteiger partial charge on any atom is 0.246 e. The van der Waals surface area contributed by atoms with Crippen LogP contribution in [0.1, 0.15) is 69.8 Å². The highest BCUT2D eigenvalue weighted by molar-refractivity contribution is 5.89. The molecule has 4 bridgehead atoms. The quantitative estimate of drug-likeness (QED) is 0.478. The lowest BCUT2D eigenvalue weighted by Gasteiger charge is -2.42. The number of carbonyl (C=O) groups is 4. The van der Waals surface area contributed by atoms with E-state index in [1.807, 2.05) is 45.0 Å². The Morgan fingerprint density at radius 1 is 0.812 bits per heavy atom. The van der Waals surface area contributed by atoms with E-state index in [9.17, 15) is 19.2 Å². The van der Waals surface area contributed by atoms with E-state index in [1.165, 1.54) is 0 Å². The fourth-order valence-corrected chi connectivity index (χ4v) is 9.57. The van der Waals surface area contributed by atoms with Crippen LogP contribution in [0.3, 0.4) is 0 Å². The van der Waals surface area contributed by atoms with E-state index in [0.29, 0.717) is 64.2 Å². The normalized spacial score (nSPS) is 32.6. The Morgan fingerprint density at radius 3 is 2.33 bits per heavy atom. The number of rotatable bonds is 6. The Labute approximate surface area is 285 Å². The first-order chi connectivity index (χ1) is 23.3. The van der Waals surface area contributed by atoms with Crippen molar-refractivity contribution in [2.24, 2.45) is 11.8 Å². The van der Waals surface area contributed by atoms with Crippen LogP contribution in [0, 0.1) is 11.8 Å². The molecule has 7 saturated heterocycles. The van der Waals surface area contributed by atoms with Crippen LogP contribution < -0.4 is 10.6 Å². The molecule has 48 heavy (non-hydrogen) atoms. The third-order valence-corrected chi connectivity index (χ3v) is 12.4. The topological polar surface area (TPSA) is 109 Å². The van der Waals surface area contributed by atoms with Gasteiger partial charge in [0.15, 0.2) is 0 Å². The van der Waals surface area contributed by atoms with E-state index in [2.05, 4.69) is 27.5 Å². The number of nitrogens with zero attached hydrogens (tertiary/aromatic N) is 5. The van der Waals surface area contributed by atoms with Gasteiger partial charge in [-0.25, -0.2) is 0 Å². The second kappa shape index (κ2) is 14.8. The molecule has 0 unspecified atom stereocenters. The molecule has 1 aromatic rings. The van der Waals surface area contributed by atoms with Crippen molar-refractivity contribution in [3.8, 4) is 0 Å². The van der Waals surface area contributed by atoms with Gasteiger partial charge in [0.05, 0.1) is 6.04 Å². The van der Waals surface area contributed by atoms with E-state index >= 15 is 0 Å². The zero-order valence-corrected chi connectivity index (χ0v) is 28.7. The molecule has 2 N–H and O–H groups in total. The van der Waals surface area contributed by atoms with E-state index in [4.69, 9.17) is 0 Å². The Kier molecular flexibility index (Phi) is 10.4. The van der Waals surface area contributed by atoms with Crippen molar-refractivity contribution in [2.75, 3.05) is 59.4 Å². The first-order valence-corrected chi connectivity index (χ1v) is 18.7. The molecule has 1 aromatic carbocycles. The number of likely N-dealkylation sites (tertiary alicyclic amines) is 1. The number of amides is 4. The Morgan fingerprint density at radius 2 is 1.56 bits per heavy atom. The summed E-state index contributed by atoms with van der Waals surface area (Å²) in [5, 5.41) is 6.94. The van der Waals surface area contributed by atoms with Gasteiger partial charge >= 0.3 is 0 Å². The summed E-state index contributed by atoms with van der Waals surface area (Å²) >= 11 is 0. The number of carbonyl (C=O) groups excluding carboxylic acids is 4. The molecule has 4 amide bonds. The smallest absolute Gasteiger partial charge is 0.246 e. The maximum atomic E-state index is 14.4. The Bertz CT molecular complexity index is 1310. The van der Waals surface area contributed by atoms with Crippen LogP contribution >= 0.6 is 0 Å². The van der Waals surface area contributed by atoms with Gasteiger partial charge in [0, 0.05) is 70.2 Å². The van der Waals surface area contributed by atoms with E-state index in [-0.39, 0.29) is 54.0 Å². The summed E-state index contributed by atoms with van der Waals surface area (Å²) in [5.74, 6) is 0.0972. The minimum absolute atomic E-state index is 0.00558. The molecule has 7 aliphatic rings. The van der Waals surface area contributed by atoms with Crippen LogP contribution in [0.25, 0.3) is 0 Å². The summed E-state index contributed by atoms with van der Waals surface area (Å²) in [6.07, 6.45) is 7.76. The molecule has 7 fully saturated rings. The SMILES string of the molecule is CN1CCC(N[C@@H]2CCN3C(=O)C[C@H]4CN(CC[C@H]4CC(=O)NCc4ccccc4)C(=O)[C@@H]4CCCN4C4CCN(CC4)C(=O)[C@H]23)CC1. The Balaban J connectivity index is 1.12. The van der Waals surface area contributed by atoms with Gasteiger partial charge in [0.25, 0.3) is 0 Å². The Hall–Kier alpha value is -3.02. The predicted molar refractivity (Wildman–Crippen MR) is 183 cm³/mol. The van der Waals surface area contributed by atoms with Gasteiger partial charge in [-0.05, 0) is 95.4 Å². The van der Waals surface area contributed by atoms with E-state index < -0.39 is 6.04 Å². The van der Waals surface area contributed by atoms with Crippen molar-refractivity contribution in [3.05, 3.63) is 35.9 Å². The van der Waals surface area contributed by atoms with Gasteiger partial charge < -0.3 is 30.2 Å². The molecule has 7 heterocycles. The van der Waals surface area contributed by atoms with Crippen molar-refractivity contribution < 1.29 is 19.2 Å². The lowest BCUT2D eigenvalue weighted by Crippen LogP contribution is -2.59. The number of piperidine rings is 3. The second-order valence-corrected chi connectivity index (χ2v) is 15.4. The van der Waals surface area contributed by atoms with Gasteiger partial charge in [0.1, 0.15) is 6.04 Å². The summed E-state index contributed by atoms with van der Waals surface area (Å²) in [7, 11) is 2.16. The highest BCUT2D eigenvalue weighted by Gasteiger charge is 2.48. The molecule has 0 radical (unpaired) electrons. The van der Waals surface area contributed by atoms with Gasteiger partial charge in [-0.2, -0.15) is 0 Å². The molecule has 8 rings (SSSR count). The fourth-order valence-electron chi connectivity index (χ4n) is 9.57. The third-order valence-electron chi connectivity index (χ3n) is 12.4. The van der Waals surface area contributed by atoms with Crippen LogP contribution in [-0.2, 0) is 25.7 Å². The zero-order valence-electron chi connectivity index (χ0n) is 28.7. The minimum Gasteiger partial charge on any atom is -0.352 e. The number of hydrogen-bond acceptors (Lipinski definition) is 7. The molecule has 11 heteroatoms. The van der Waals surface area contributed by atoms with E-state index in [1.54, 1.807) is 0 Å². The highest BCUT2D eigenvalue weighted by atomic mass is 16.2. The molecule has 11 nitrogen and oxygen atoms in total. The summed E-state index contributed by atoms with van der Waals surface area (Å²) < 4.78 is 0. The summed E-state index contributed by atoms with van der Waals surface area (Å²) in [5.41, 5.74) is 1.05. The average molecular weight is 662 g/mol. The second-order valence-electron chi connectivity index (χ2n) is 15.4. The summed E-state index contributed by atoms with van der Waals surface area (Å²) in [6, 6.07) is 9.85. The standard InChI is InChI=1S/C37H55N7O4/c1-40-16-10-29(11-17-40)39-31-14-21-44-34(46)23-28-25-42(18-9-27(28)22-33(45)38-24-26-6-3-2-4-7-26)36(47)32-8-5-15-43(32)30-12-19-41(20-13-30)37(48)35(31)44/h2-4,6-7,27-32,35,39H,5,8-25H2,1H3,(H,38,45)/t27-,28-,31+,32-,35-/m0/s1. The lowest BCUT2D eigenvalue weighted by molar-refractivity contribution is -0.146. The van der Waals surface area contributed by atoms with Crippen molar-refractivity contribution in [2.45, 2.75) is 101 Å². The summed E-state index contributed by atoms with van der Waals surface area (Å²) in [4.78, 5) is 66.8. The van der Waals surface area contributed by atoms with Crippen LogP contribution in [-0.4, -0.2) is 138 Å². The maximum absolute atomic E-state index is 14.4. The van der Waals surface area contributed by atoms with Crippen LogP contribution in [0.5, 0.6) is 0 Å². The molecule has 7 aliphatic heterocycles. The first kappa shape index (κ1) is 33.5. The summed E-state index contributed by atoms with van der Waals surface area (Å²) in [6.45, 7) is 6.49. The first-order valence-electron chi connectivity index (χ1n) is 18.7. The van der Waals surface area contributed by atoms with Gasteiger partial charge in [0.2, 0.25) is 23.6 Å². The average Bonchev–Trinajstić information content (AvgIpc) is 3.77. The number of fused-ring (bicyclic) bond motifs is 3. The highest BCUT2D eigenvalue weighted by Crippen LogP contribution is 2.35. The molecule has 0 aliphatic carbocycles. The van der Waals surface area contributed by atoms with E-state index in [0.717, 1.165) is 70.1 Å². The molecule has 0 saturated carbocycles. The number of benzene rings is 1.